The number of aromatic nitrogens is 3. The van der Waals surface area contributed by atoms with Crippen LogP contribution >= 0.6 is 11.8 Å². The molecule has 2 aromatic carbocycles. The number of carbonyl (C=O) groups excluding carboxylic acids is 1. The van der Waals surface area contributed by atoms with Gasteiger partial charge in [0.15, 0.2) is 5.69 Å². The molecular weight excluding hydrogens is 403 g/mol. The highest BCUT2D eigenvalue weighted by Gasteiger charge is 2.36. The average Bonchev–Trinajstić information content (AvgIpc) is 2.88. The second kappa shape index (κ2) is 8.39. The van der Waals surface area contributed by atoms with Gasteiger partial charge in [-0.25, -0.2) is 4.39 Å². The van der Waals surface area contributed by atoms with Gasteiger partial charge in [0.05, 0.1) is 5.69 Å². The minimum atomic E-state index is -0.764. The Kier molecular flexibility index (Phi) is 5.67. The highest BCUT2D eigenvalue weighted by molar-refractivity contribution is 7.99. The molecule has 0 radical (unpaired) electrons. The molecule has 8 heteroatoms. The van der Waals surface area contributed by atoms with Crippen LogP contribution in [0, 0.1) is 12.7 Å². The molecule has 1 aliphatic heterocycles. The van der Waals surface area contributed by atoms with Crippen molar-refractivity contribution in [1.82, 2.24) is 15.2 Å². The van der Waals surface area contributed by atoms with E-state index < -0.39 is 12.0 Å². The predicted molar refractivity (Wildman–Crippen MR) is 114 cm³/mol. The maximum atomic E-state index is 14.2. The minimum absolute atomic E-state index is 0.153. The van der Waals surface area contributed by atoms with E-state index in [9.17, 15) is 9.18 Å². The van der Waals surface area contributed by atoms with Crippen LogP contribution in [-0.4, -0.2) is 26.8 Å². The summed E-state index contributed by atoms with van der Waals surface area (Å²) in [6.45, 7) is 5.73. The van der Waals surface area contributed by atoms with Crippen LogP contribution in [0.1, 0.15) is 37.6 Å². The van der Waals surface area contributed by atoms with Crippen molar-refractivity contribution in [2.24, 2.45) is 0 Å². The number of rotatable bonds is 4. The molecule has 2 heterocycles. The lowest BCUT2D eigenvalue weighted by molar-refractivity contribution is -0.120. The molecule has 0 fully saturated rings. The van der Waals surface area contributed by atoms with Crippen LogP contribution in [0.5, 0.6) is 5.88 Å². The predicted octanol–water partition coefficient (Wildman–Crippen LogP) is 4.93. The molecule has 30 heavy (non-hydrogen) atoms. The molecule has 154 valence electrons. The number of ether oxygens (including phenoxy) is 1. The number of hydrogen-bond donors (Lipinski definition) is 0. The molecule has 1 aromatic heterocycles. The van der Waals surface area contributed by atoms with Crippen molar-refractivity contribution in [3.8, 4) is 17.1 Å². The number of hydrogen-bond acceptors (Lipinski definition) is 6. The third-order valence-electron chi connectivity index (χ3n) is 4.87. The SMILES string of the molecule is CCSc1nnc2c(n1)OC(c1ccccc1C)N(C(=O)CC)c1ccc(F)cc1-2. The van der Waals surface area contributed by atoms with Gasteiger partial charge in [-0.3, -0.25) is 9.69 Å². The van der Waals surface area contributed by atoms with Gasteiger partial charge >= 0.3 is 0 Å². The highest BCUT2D eigenvalue weighted by atomic mass is 32.2. The van der Waals surface area contributed by atoms with E-state index in [4.69, 9.17) is 4.74 Å². The van der Waals surface area contributed by atoms with E-state index in [-0.39, 0.29) is 18.2 Å². The summed E-state index contributed by atoms with van der Waals surface area (Å²) in [5.74, 6) is 0.409. The summed E-state index contributed by atoms with van der Waals surface area (Å²) < 4.78 is 20.5. The second-order valence-electron chi connectivity index (χ2n) is 6.79. The van der Waals surface area contributed by atoms with Crippen LogP contribution in [-0.2, 0) is 4.79 Å². The average molecular weight is 425 g/mol. The van der Waals surface area contributed by atoms with E-state index in [2.05, 4.69) is 15.2 Å². The molecule has 3 aromatic rings. The van der Waals surface area contributed by atoms with Gasteiger partial charge in [-0.2, -0.15) is 4.98 Å². The molecule has 0 saturated heterocycles. The number of nitrogens with zero attached hydrogens (tertiary/aromatic N) is 4. The standard InChI is InChI=1S/C22H21FN4O2S/c1-4-18(28)27-17-11-10-14(23)12-16(17)19-20(24-22(26-25-19)30-5-2)29-21(27)15-9-7-6-8-13(15)3/h6-12,21H,4-5H2,1-3H3. The van der Waals surface area contributed by atoms with E-state index in [1.165, 1.54) is 23.9 Å². The van der Waals surface area contributed by atoms with Gasteiger partial charge in [-0.15, -0.1) is 10.2 Å². The van der Waals surface area contributed by atoms with Crippen molar-refractivity contribution in [3.05, 3.63) is 59.4 Å². The van der Waals surface area contributed by atoms with Crippen molar-refractivity contribution >= 4 is 23.4 Å². The van der Waals surface area contributed by atoms with Crippen LogP contribution in [0.3, 0.4) is 0 Å². The Morgan fingerprint density at radius 1 is 1.20 bits per heavy atom. The van der Waals surface area contributed by atoms with Crippen molar-refractivity contribution in [2.45, 2.75) is 38.6 Å². The number of carbonyl (C=O) groups is 1. The van der Waals surface area contributed by atoms with Gasteiger partial charge in [-0.05, 0) is 36.4 Å². The zero-order valence-electron chi connectivity index (χ0n) is 16.9. The Balaban J connectivity index is 1.99. The number of thioether (sulfide) groups is 1. The molecule has 4 rings (SSSR count). The van der Waals surface area contributed by atoms with Crippen molar-refractivity contribution < 1.29 is 13.9 Å². The smallest absolute Gasteiger partial charge is 0.247 e. The first kappa shape index (κ1) is 20.3. The largest absolute Gasteiger partial charge is 0.447 e. The monoisotopic (exact) mass is 424 g/mol. The van der Waals surface area contributed by atoms with Crippen molar-refractivity contribution in [3.63, 3.8) is 0 Å². The van der Waals surface area contributed by atoms with E-state index in [0.29, 0.717) is 22.1 Å². The van der Waals surface area contributed by atoms with Crippen molar-refractivity contribution in [2.75, 3.05) is 10.7 Å². The van der Waals surface area contributed by atoms with Crippen LogP contribution in [0.15, 0.2) is 47.6 Å². The maximum Gasteiger partial charge on any atom is 0.247 e. The van der Waals surface area contributed by atoms with E-state index >= 15 is 0 Å². The van der Waals surface area contributed by atoms with Gasteiger partial charge in [0.1, 0.15) is 5.82 Å². The molecule has 0 spiro atoms. The third-order valence-corrected chi connectivity index (χ3v) is 5.59. The van der Waals surface area contributed by atoms with Gasteiger partial charge in [0, 0.05) is 17.5 Å². The van der Waals surface area contributed by atoms with Gasteiger partial charge in [0.2, 0.25) is 23.2 Å². The number of benzene rings is 2. The Morgan fingerprint density at radius 3 is 2.73 bits per heavy atom. The Morgan fingerprint density at radius 2 is 2.00 bits per heavy atom. The maximum absolute atomic E-state index is 14.2. The zero-order valence-corrected chi connectivity index (χ0v) is 17.7. The lowest BCUT2D eigenvalue weighted by Crippen LogP contribution is -2.37. The molecule has 1 aliphatic rings. The molecular formula is C22H21FN4O2S. The first-order chi connectivity index (χ1) is 14.5. The number of aryl methyl sites for hydroxylation is 1. The normalized spacial score (nSPS) is 15.1. The molecule has 0 bridgehead atoms. The van der Waals surface area contributed by atoms with E-state index in [1.807, 2.05) is 38.1 Å². The fraction of sp³-hybridized carbons (Fsp3) is 0.273. The summed E-state index contributed by atoms with van der Waals surface area (Å²) in [5, 5.41) is 8.91. The van der Waals surface area contributed by atoms with Gasteiger partial charge in [-0.1, -0.05) is 49.9 Å². The summed E-state index contributed by atoms with van der Waals surface area (Å²) in [7, 11) is 0. The minimum Gasteiger partial charge on any atom is -0.447 e. The molecule has 0 N–H and O–H groups in total. The van der Waals surface area contributed by atoms with Crippen LogP contribution in [0.2, 0.25) is 0 Å². The Bertz CT molecular complexity index is 1110. The lowest BCUT2D eigenvalue weighted by atomic mass is 10.0. The quantitative estimate of drug-likeness (QED) is 0.553. The summed E-state index contributed by atoms with van der Waals surface area (Å²) in [6, 6.07) is 12.0. The highest BCUT2D eigenvalue weighted by Crippen LogP contribution is 2.44. The molecule has 1 atom stereocenters. The Labute approximate surface area is 178 Å². The lowest BCUT2D eigenvalue weighted by Gasteiger charge is -2.31. The summed E-state index contributed by atoms with van der Waals surface area (Å²) in [4.78, 5) is 19.2. The fourth-order valence-corrected chi connectivity index (χ4v) is 3.94. The first-order valence-corrected chi connectivity index (χ1v) is 10.7. The van der Waals surface area contributed by atoms with E-state index in [1.54, 1.807) is 17.9 Å². The van der Waals surface area contributed by atoms with E-state index in [0.717, 1.165) is 16.9 Å². The molecule has 1 unspecified atom stereocenters. The number of fused-ring (bicyclic) bond motifs is 3. The molecule has 0 saturated carbocycles. The third kappa shape index (κ3) is 3.63. The summed E-state index contributed by atoms with van der Waals surface area (Å²) in [5.41, 5.74) is 3.05. The molecule has 1 amide bonds. The van der Waals surface area contributed by atoms with Crippen molar-refractivity contribution in [1.29, 1.82) is 0 Å². The number of anilines is 1. The van der Waals surface area contributed by atoms with Gasteiger partial charge in [0.25, 0.3) is 0 Å². The first-order valence-electron chi connectivity index (χ1n) is 9.75. The summed E-state index contributed by atoms with van der Waals surface area (Å²) in [6.07, 6.45) is -0.505. The second-order valence-corrected chi connectivity index (χ2v) is 8.02. The van der Waals surface area contributed by atoms with Crippen LogP contribution in [0.4, 0.5) is 10.1 Å². The zero-order chi connectivity index (χ0) is 21.3. The van der Waals surface area contributed by atoms with Crippen LogP contribution < -0.4 is 9.64 Å². The fourth-order valence-electron chi connectivity index (χ4n) is 3.43. The molecule has 6 nitrogen and oxygen atoms in total. The van der Waals surface area contributed by atoms with Gasteiger partial charge < -0.3 is 4.74 Å². The number of amides is 1. The van der Waals surface area contributed by atoms with Crippen LogP contribution in [0.25, 0.3) is 11.3 Å². The topological polar surface area (TPSA) is 68.2 Å². The Hall–Kier alpha value is -3.00. The number of halogens is 1. The summed E-state index contributed by atoms with van der Waals surface area (Å²) >= 11 is 1.43. The molecule has 0 aliphatic carbocycles.